The summed E-state index contributed by atoms with van der Waals surface area (Å²) in [6.07, 6.45) is 6.23. The molecule has 2 aliphatic heterocycles. The number of allylic oxidation sites excluding steroid dienone is 2. The molecule has 0 radical (unpaired) electrons. The average molecular weight is 273 g/mol. The maximum Gasteiger partial charge on any atom is 0.215 e. The summed E-state index contributed by atoms with van der Waals surface area (Å²) in [4.78, 5) is 4.48. The van der Waals surface area contributed by atoms with Crippen LogP contribution in [0.3, 0.4) is 0 Å². The van der Waals surface area contributed by atoms with E-state index in [9.17, 15) is 5.11 Å². The topological polar surface area (TPSA) is 51.0 Å². The Balaban J connectivity index is 1.93. The Morgan fingerprint density at radius 3 is 3.05 bits per heavy atom. The predicted molar refractivity (Wildman–Crippen MR) is 75.0 cm³/mol. The molecule has 0 aromatic carbocycles. The highest BCUT2D eigenvalue weighted by Crippen LogP contribution is 2.51. The standard InChI is InChI=1S/C16H19NO3/c1-8-5-9-7-17-16(19-2)14-10(18)3-4-11-15(14)13(9)12(6-8)20-11/h4,7-8,10,12,15,18H,3,5-6H2,1-2H3. The fourth-order valence-corrected chi connectivity index (χ4v) is 3.95. The zero-order chi connectivity index (χ0) is 13.9. The van der Waals surface area contributed by atoms with Crippen molar-refractivity contribution in [1.82, 2.24) is 0 Å². The van der Waals surface area contributed by atoms with Crippen LogP contribution in [-0.2, 0) is 9.47 Å². The highest BCUT2D eigenvalue weighted by Gasteiger charge is 2.48. The second-order valence-electron chi connectivity index (χ2n) is 6.15. The van der Waals surface area contributed by atoms with Gasteiger partial charge in [-0.2, -0.15) is 0 Å². The largest absolute Gasteiger partial charge is 0.490 e. The van der Waals surface area contributed by atoms with Gasteiger partial charge in [-0.1, -0.05) is 6.92 Å². The van der Waals surface area contributed by atoms with Crippen LogP contribution in [0.4, 0.5) is 0 Å². The summed E-state index contributed by atoms with van der Waals surface area (Å²) in [5, 5.41) is 10.4. The molecule has 0 spiro atoms. The van der Waals surface area contributed by atoms with Gasteiger partial charge in [0.1, 0.15) is 11.9 Å². The van der Waals surface area contributed by atoms with Crippen LogP contribution < -0.4 is 0 Å². The van der Waals surface area contributed by atoms with Gasteiger partial charge in [-0.15, -0.1) is 0 Å². The van der Waals surface area contributed by atoms with E-state index in [1.807, 2.05) is 12.3 Å². The smallest absolute Gasteiger partial charge is 0.215 e. The molecule has 4 unspecified atom stereocenters. The Bertz CT molecular complexity index is 585. The zero-order valence-electron chi connectivity index (χ0n) is 11.8. The molecule has 1 saturated heterocycles. The molecule has 4 heteroatoms. The lowest BCUT2D eigenvalue weighted by Crippen LogP contribution is -2.26. The fourth-order valence-electron chi connectivity index (χ4n) is 3.95. The summed E-state index contributed by atoms with van der Waals surface area (Å²) in [6.45, 7) is 2.25. The van der Waals surface area contributed by atoms with Crippen LogP contribution in [0.1, 0.15) is 26.2 Å². The van der Waals surface area contributed by atoms with Crippen LogP contribution in [0, 0.1) is 11.8 Å². The molecule has 2 heterocycles. The first kappa shape index (κ1) is 12.2. The van der Waals surface area contributed by atoms with E-state index < -0.39 is 6.10 Å². The third-order valence-electron chi connectivity index (χ3n) is 4.77. The molecule has 1 fully saturated rings. The number of hydrogen-bond donors (Lipinski definition) is 1. The van der Waals surface area contributed by atoms with E-state index in [2.05, 4.69) is 11.9 Å². The number of aliphatic hydroxyl groups is 1. The molecule has 0 aromatic heterocycles. The minimum absolute atomic E-state index is 0.0451. The van der Waals surface area contributed by atoms with E-state index in [0.29, 0.717) is 18.2 Å². The normalized spacial score (nSPS) is 38.2. The van der Waals surface area contributed by atoms with Crippen LogP contribution in [-0.4, -0.2) is 30.6 Å². The number of ether oxygens (including phenoxy) is 2. The van der Waals surface area contributed by atoms with Crippen molar-refractivity contribution in [3.8, 4) is 0 Å². The fraction of sp³-hybridized carbons (Fsp3) is 0.562. The predicted octanol–water partition coefficient (Wildman–Crippen LogP) is 2.32. The number of rotatable bonds is 1. The summed E-state index contributed by atoms with van der Waals surface area (Å²) in [5.74, 6) is 2.18. The minimum atomic E-state index is -0.524. The van der Waals surface area contributed by atoms with Gasteiger partial charge in [0, 0.05) is 11.8 Å². The van der Waals surface area contributed by atoms with E-state index in [4.69, 9.17) is 9.47 Å². The molecular formula is C16H19NO3. The minimum Gasteiger partial charge on any atom is -0.490 e. The average Bonchev–Trinajstić information content (AvgIpc) is 2.69. The monoisotopic (exact) mass is 273 g/mol. The molecule has 0 amide bonds. The molecule has 4 nitrogen and oxygen atoms in total. The molecule has 0 bridgehead atoms. The van der Waals surface area contributed by atoms with Crippen molar-refractivity contribution in [1.29, 1.82) is 0 Å². The van der Waals surface area contributed by atoms with E-state index in [1.54, 1.807) is 7.11 Å². The third-order valence-corrected chi connectivity index (χ3v) is 4.77. The molecular weight excluding hydrogens is 254 g/mol. The highest BCUT2D eigenvalue weighted by molar-refractivity contribution is 5.83. The van der Waals surface area contributed by atoms with E-state index in [1.165, 1.54) is 11.1 Å². The van der Waals surface area contributed by atoms with Crippen LogP contribution in [0.15, 0.2) is 39.4 Å². The summed E-state index contributed by atoms with van der Waals surface area (Å²) in [5.41, 5.74) is 3.45. The van der Waals surface area contributed by atoms with Gasteiger partial charge in [-0.25, -0.2) is 4.99 Å². The summed E-state index contributed by atoms with van der Waals surface area (Å²) < 4.78 is 11.6. The van der Waals surface area contributed by atoms with Crippen molar-refractivity contribution in [2.45, 2.75) is 38.4 Å². The van der Waals surface area contributed by atoms with Crippen molar-refractivity contribution in [2.75, 3.05) is 7.11 Å². The Labute approximate surface area is 118 Å². The molecule has 0 saturated carbocycles. The maximum absolute atomic E-state index is 10.4. The van der Waals surface area contributed by atoms with E-state index in [0.717, 1.165) is 24.2 Å². The first-order chi connectivity index (χ1) is 9.69. The lowest BCUT2D eigenvalue weighted by atomic mass is 9.74. The summed E-state index contributed by atoms with van der Waals surface area (Å²) in [6, 6.07) is 0. The number of methoxy groups -OCH3 is 1. The second-order valence-corrected chi connectivity index (χ2v) is 6.15. The first-order valence-electron chi connectivity index (χ1n) is 7.29. The molecule has 106 valence electrons. The third kappa shape index (κ3) is 1.54. The molecule has 4 atom stereocenters. The Kier molecular flexibility index (Phi) is 2.58. The van der Waals surface area contributed by atoms with Crippen LogP contribution in [0.25, 0.3) is 0 Å². The van der Waals surface area contributed by atoms with Crippen LogP contribution in [0.2, 0.25) is 0 Å². The summed E-state index contributed by atoms with van der Waals surface area (Å²) >= 11 is 0. The van der Waals surface area contributed by atoms with Crippen molar-refractivity contribution < 1.29 is 14.6 Å². The highest BCUT2D eigenvalue weighted by atomic mass is 16.5. The number of aliphatic hydroxyl groups excluding tert-OH is 1. The maximum atomic E-state index is 10.4. The second kappa shape index (κ2) is 4.22. The van der Waals surface area contributed by atoms with Crippen molar-refractivity contribution in [2.24, 2.45) is 16.8 Å². The quantitative estimate of drug-likeness (QED) is 0.797. The Morgan fingerprint density at radius 1 is 1.40 bits per heavy atom. The van der Waals surface area contributed by atoms with Gasteiger partial charge in [0.2, 0.25) is 5.88 Å². The van der Waals surface area contributed by atoms with Gasteiger partial charge < -0.3 is 14.6 Å². The Morgan fingerprint density at radius 2 is 2.25 bits per heavy atom. The summed E-state index contributed by atoms with van der Waals surface area (Å²) in [7, 11) is 1.62. The molecule has 2 aliphatic carbocycles. The van der Waals surface area contributed by atoms with E-state index in [-0.39, 0.29) is 12.0 Å². The number of aliphatic imine (C=N–C) groups is 1. The molecule has 4 aliphatic rings. The van der Waals surface area contributed by atoms with Crippen molar-refractivity contribution in [3.05, 3.63) is 34.4 Å². The lowest BCUT2D eigenvalue weighted by molar-refractivity contribution is 0.136. The van der Waals surface area contributed by atoms with Gasteiger partial charge in [-0.05, 0) is 42.4 Å². The van der Waals surface area contributed by atoms with Gasteiger partial charge in [0.15, 0.2) is 0 Å². The first-order valence-corrected chi connectivity index (χ1v) is 7.29. The molecule has 1 N–H and O–H groups in total. The molecule has 4 rings (SSSR count). The number of nitrogens with zero attached hydrogens (tertiary/aromatic N) is 1. The van der Waals surface area contributed by atoms with Gasteiger partial charge >= 0.3 is 0 Å². The zero-order valence-corrected chi connectivity index (χ0v) is 11.8. The van der Waals surface area contributed by atoms with Crippen LogP contribution in [0.5, 0.6) is 0 Å². The van der Waals surface area contributed by atoms with Gasteiger partial charge in [0.25, 0.3) is 0 Å². The lowest BCUT2D eigenvalue weighted by Gasteiger charge is -2.28. The van der Waals surface area contributed by atoms with Crippen molar-refractivity contribution in [3.63, 3.8) is 0 Å². The van der Waals surface area contributed by atoms with Gasteiger partial charge in [-0.3, -0.25) is 0 Å². The number of hydrogen-bond acceptors (Lipinski definition) is 4. The molecule has 0 aromatic rings. The molecule has 20 heavy (non-hydrogen) atoms. The Hall–Kier alpha value is -1.55. The van der Waals surface area contributed by atoms with Crippen LogP contribution >= 0.6 is 0 Å². The SMILES string of the molecule is COC1=C2C(O)CC=C3OC4CC(C)CC(=C4C32)C=N1. The van der Waals surface area contributed by atoms with Crippen molar-refractivity contribution >= 4 is 6.21 Å². The van der Waals surface area contributed by atoms with E-state index >= 15 is 0 Å². The van der Waals surface area contributed by atoms with Gasteiger partial charge in [0.05, 0.1) is 19.1 Å².